The van der Waals surface area contributed by atoms with Gasteiger partial charge >= 0.3 is 21.7 Å². The molecule has 0 fully saturated rings. The van der Waals surface area contributed by atoms with E-state index in [4.69, 9.17) is 20.4 Å². The normalized spacial score (nSPS) is 5.54. The third-order valence-corrected chi connectivity index (χ3v) is 0. The first-order valence-electron chi connectivity index (χ1n) is 3.26. The molecule has 5 heteroatoms. The van der Waals surface area contributed by atoms with Crippen LogP contribution in [0.5, 0.6) is 0 Å². The summed E-state index contributed by atoms with van der Waals surface area (Å²) in [7, 11) is 0. The van der Waals surface area contributed by atoms with Crippen molar-refractivity contribution in [2.24, 2.45) is 0 Å². The van der Waals surface area contributed by atoms with Gasteiger partial charge in [0.15, 0.2) is 0 Å². The summed E-state index contributed by atoms with van der Waals surface area (Å²) in [5.74, 6) is 0. The van der Waals surface area contributed by atoms with Crippen molar-refractivity contribution in [3.63, 3.8) is 0 Å². The van der Waals surface area contributed by atoms with Gasteiger partial charge in [0.05, 0.1) is 0 Å². The standard InChI is InChI=1S/4C2H5O.Ti/c4*1-2-3;/h4*3H,1-2H2;/q4*-1;+4. The molecule has 80 valence electrons. The zero-order valence-electron chi connectivity index (χ0n) is 7.95. The average molecular weight is 228 g/mol. The first kappa shape index (κ1) is 29.2. The molecule has 0 aromatic rings. The number of hydrogen-bond donors (Lipinski definition) is 4. The van der Waals surface area contributed by atoms with Gasteiger partial charge in [0, 0.05) is 0 Å². The molecular weight excluding hydrogens is 208 g/mol. The minimum absolute atomic E-state index is 0. The van der Waals surface area contributed by atoms with E-state index in [-0.39, 0.29) is 48.1 Å². The quantitative estimate of drug-likeness (QED) is 0.325. The zero-order valence-corrected chi connectivity index (χ0v) is 9.51. The fraction of sp³-hybridized carbons (Fsp3) is 0.500. The molecule has 0 unspecified atom stereocenters. The first-order valence-corrected chi connectivity index (χ1v) is 3.26. The van der Waals surface area contributed by atoms with Gasteiger partial charge in [0.25, 0.3) is 0 Å². The van der Waals surface area contributed by atoms with Gasteiger partial charge in [-0.25, -0.2) is 0 Å². The van der Waals surface area contributed by atoms with Gasteiger partial charge in [-0.2, -0.15) is 0 Å². The number of aliphatic hydroxyl groups is 4. The van der Waals surface area contributed by atoms with E-state index in [9.17, 15) is 0 Å². The molecule has 0 saturated heterocycles. The molecule has 4 nitrogen and oxygen atoms in total. The van der Waals surface area contributed by atoms with Crippen LogP contribution in [0, 0.1) is 27.7 Å². The molecule has 0 saturated carbocycles. The third-order valence-electron chi connectivity index (χ3n) is 0. The van der Waals surface area contributed by atoms with Crippen LogP contribution in [-0.4, -0.2) is 46.9 Å². The Hall–Kier alpha value is 0.554. The summed E-state index contributed by atoms with van der Waals surface area (Å²) in [5.41, 5.74) is 0. The predicted octanol–water partition coefficient (Wildman–Crippen LogP) is -0.751. The smallest absolute Gasteiger partial charge is 0.428 e. The Morgan fingerprint density at radius 2 is 0.538 bits per heavy atom. The van der Waals surface area contributed by atoms with Gasteiger partial charge in [-0.05, 0) is 0 Å². The van der Waals surface area contributed by atoms with E-state index in [2.05, 4.69) is 27.7 Å². The second-order valence-corrected chi connectivity index (χ2v) is 0.894. The third kappa shape index (κ3) is 4550. The van der Waals surface area contributed by atoms with Gasteiger partial charge in [-0.1, -0.05) is 26.4 Å². The maximum atomic E-state index is 7.46. The van der Waals surface area contributed by atoms with Gasteiger partial charge in [0.1, 0.15) is 0 Å². The van der Waals surface area contributed by atoms with Gasteiger partial charge in [-0.15, -0.1) is 0 Å². The topological polar surface area (TPSA) is 80.9 Å². The molecule has 0 atom stereocenters. The van der Waals surface area contributed by atoms with Gasteiger partial charge in [0.2, 0.25) is 0 Å². The first-order chi connectivity index (χ1) is 5.66. The van der Waals surface area contributed by atoms with Crippen molar-refractivity contribution >= 4 is 0 Å². The number of aliphatic hydroxyl groups excluding tert-OH is 4. The molecule has 0 bridgehead atoms. The summed E-state index contributed by atoms with van der Waals surface area (Å²) in [6.07, 6.45) is 0. The summed E-state index contributed by atoms with van der Waals surface area (Å²) >= 11 is 0. The van der Waals surface area contributed by atoms with Crippen LogP contribution in [0.25, 0.3) is 0 Å². The van der Waals surface area contributed by atoms with Crippen molar-refractivity contribution < 1.29 is 42.1 Å². The van der Waals surface area contributed by atoms with Crippen molar-refractivity contribution in [3.8, 4) is 0 Å². The molecule has 0 aromatic heterocycles. The van der Waals surface area contributed by atoms with Crippen LogP contribution >= 0.6 is 0 Å². The van der Waals surface area contributed by atoms with Crippen molar-refractivity contribution in [1.29, 1.82) is 0 Å². The SMILES string of the molecule is [CH2-]CO.[CH2-]CO.[CH2-]CO.[CH2-]CO.[Ti+4]. The summed E-state index contributed by atoms with van der Waals surface area (Å²) in [5, 5.41) is 29.8. The Balaban J connectivity index is -0.0000000213. The molecule has 0 aliphatic rings. The Morgan fingerprint density at radius 3 is 0.538 bits per heavy atom. The second kappa shape index (κ2) is 80.8. The fourth-order valence-electron chi connectivity index (χ4n) is 0. The van der Waals surface area contributed by atoms with E-state index < -0.39 is 0 Å². The maximum absolute atomic E-state index is 7.46. The fourth-order valence-corrected chi connectivity index (χ4v) is 0. The number of hydrogen-bond acceptors (Lipinski definition) is 4. The minimum Gasteiger partial charge on any atom is -0.428 e. The Labute approximate surface area is 96.5 Å². The average Bonchev–Trinajstić information content (AvgIpc) is 1.92. The van der Waals surface area contributed by atoms with E-state index in [1.54, 1.807) is 0 Å². The summed E-state index contributed by atoms with van der Waals surface area (Å²) in [4.78, 5) is 0. The van der Waals surface area contributed by atoms with Crippen LogP contribution in [0.2, 0.25) is 0 Å². The van der Waals surface area contributed by atoms with Crippen molar-refractivity contribution in [1.82, 2.24) is 0 Å². The molecule has 0 heterocycles. The Bertz CT molecular complexity index is 24.1. The van der Waals surface area contributed by atoms with E-state index in [1.165, 1.54) is 0 Å². The molecule has 0 amide bonds. The second-order valence-electron chi connectivity index (χ2n) is 0.894. The van der Waals surface area contributed by atoms with E-state index in [1.807, 2.05) is 0 Å². The molecule has 0 aliphatic heterocycles. The zero-order chi connectivity index (χ0) is 10.8. The van der Waals surface area contributed by atoms with Crippen LogP contribution in [-0.2, 0) is 21.7 Å². The van der Waals surface area contributed by atoms with Crippen molar-refractivity contribution in [2.75, 3.05) is 26.4 Å². The Morgan fingerprint density at radius 1 is 0.538 bits per heavy atom. The molecule has 0 radical (unpaired) electrons. The van der Waals surface area contributed by atoms with E-state index in [0.29, 0.717) is 0 Å². The van der Waals surface area contributed by atoms with Crippen LogP contribution < -0.4 is 0 Å². The van der Waals surface area contributed by atoms with E-state index >= 15 is 0 Å². The maximum Gasteiger partial charge on any atom is 4.00 e. The summed E-state index contributed by atoms with van der Waals surface area (Å²) in [6, 6.07) is 0. The summed E-state index contributed by atoms with van der Waals surface area (Å²) < 4.78 is 0. The molecular formula is C8H20O4Ti. The van der Waals surface area contributed by atoms with Gasteiger partial charge < -0.3 is 48.1 Å². The Kier molecular flexibility index (Phi) is 181. The number of rotatable bonds is 0. The predicted molar refractivity (Wildman–Crippen MR) is 49.8 cm³/mol. The minimum atomic E-state index is 0. The molecule has 0 rings (SSSR count). The van der Waals surface area contributed by atoms with E-state index in [0.717, 1.165) is 0 Å². The largest absolute Gasteiger partial charge is 4.00 e. The summed E-state index contributed by atoms with van der Waals surface area (Å²) in [6.45, 7) is 12.2. The molecule has 0 spiro atoms. The van der Waals surface area contributed by atoms with Gasteiger partial charge in [-0.3, -0.25) is 0 Å². The molecule has 4 N–H and O–H groups in total. The molecule has 13 heavy (non-hydrogen) atoms. The van der Waals surface area contributed by atoms with Crippen LogP contribution in [0.3, 0.4) is 0 Å². The van der Waals surface area contributed by atoms with Crippen molar-refractivity contribution in [3.05, 3.63) is 27.7 Å². The molecule has 0 aliphatic carbocycles. The monoisotopic (exact) mass is 228 g/mol. The van der Waals surface area contributed by atoms with Crippen LogP contribution in [0.1, 0.15) is 0 Å². The van der Waals surface area contributed by atoms with Crippen LogP contribution in [0.15, 0.2) is 0 Å². The van der Waals surface area contributed by atoms with Crippen LogP contribution in [0.4, 0.5) is 0 Å². The molecule has 0 aromatic carbocycles. The van der Waals surface area contributed by atoms with Crippen molar-refractivity contribution in [2.45, 2.75) is 0 Å².